The topological polar surface area (TPSA) is 68.0 Å². The average Bonchev–Trinajstić information content (AvgIpc) is 2.94. The van der Waals surface area contributed by atoms with Gasteiger partial charge in [-0.1, -0.05) is 11.8 Å². The molecule has 2 unspecified atom stereocenters. The summed E-state index contributed by atoms with van der Waals surface area (Å²) >= 11 is 3.14. The number of hydrogen-bond acceptors (Lipinski definition) is 5. The normalized spacial score (nSPS) is 24.1. The largest absolute Gasteiger partial charge is 0.481 e. The Labute approximate surface area is 108 Å². The minimum absolute atomic E-state index is 0.0391. The standard InChI is InChI=1S/C10H15N3O2S2/c1-16-8-3-2-7(4-8)13-6-11-12-10(13)17-5-9(14)15/h6-8H,2-5H2,1H3,(H,14,15). The van der Waals surface area contributed by atoms with Gasteiger partial charge in [-0.2, -0.15) is 11.8 Å². The number of aliphatic carboxylic acids is 1. The van der Waals surface area contributed by atoms with Crippen LogP contribution in [0.3, 0.4) is 0 Å². The Morgan fingerprint density at radius 1 is 1.65 bits per heavy atom. The van der Waals surface area contributed by atoms with Crippen molar-refractivity contribution in [2.75, 3.05) is 12.0 Å². The van der Waals surface area contributed by atoms with Crippen molar-refractivity contribution in [1.82, 2.24) is 14.8 Å². The fourth-order valence-electron chi connectivity index (χ4n) is 2.10. The van der Waals surface area contributed by atoms with Gasteiger partial charge in [-0.15, -0.1) is 10.2 Å². The number of rotatable bonds is 5. The maximum Gasteiger partial charge on any atom is 0.313 e. The van der Waals surface area contributed by atoms with Gasteiger partial charge in [0.15, 0.2) is 5.16 Å². The lowest BCUT2D eigenvalue weighted by Gasteiger charge is -2.13. The quantitative estimate of drug-likeness (QED) is 0.827. The van der Waals surface area contributed by atoms with Crippen LogP contribution in [0.4, 0.5) is 0 Å². The van der Waals surface area contributed by atoms with Gasteiger partial charge in [-0.05, 0) is 25.5 Å². The van der Waals surface area contributed by atoms with E-state index in [9.17, 15) is 4.79 Å². The van der Waals surface area contributed by atoms with Crippen LogP contribution in [0.2, 0.25) is 0 Å². The van der Waals surface area contributed by atoms with E-state index in [2.05, 4.69) is 16.5 Å². The fraction of sp³-hybridized carbons (Fsp3) is 0.700. The van der Waals surface area contributed by atoms with Crippen molar-refractivity contribution in [3.05, 3.63) is 6.33 Å². The zero-order valence-electron chi connectivity index (χ0n) is 9.57. The smallest absolute Gasteiger partial charge is 0.313 e. The van der Waals surface area contributed by atoms with Crippen LogP contribution in [0.15, 0.2) is 11.5 Å². The van der Waals surface area contributed by atoms with Gasteiger partial charge in [-0.3, -0.25) is 4.79 Å². The molecule has 0 spiro atoms. The Morgan fingerprint density at radius 2 is 2.47 bits per heavy atom. The van der Waals surface area contributed by atoms with Crippen LogP contribution in [0.1, 0.15) is 25.3 Å². The van der Waals surface area contributed by atoms with E-state index in [1.54, 1.807) is 6.33 Å². The van der Waals surface area contributed by atoms with Crippen molar-refractivity contribution < 1.29 is 9.90 Å². The Kier molecular flexibility index (Phi) is 4.33. The summed E-state index contributed by atoms with van der Waals surface area (Å²) in [5.74, 6) is -0.782. The Balaban J connectivity index is 2.01. The lowest BCUT2D eigenvalue weighted by Crippen LogP contribution is -2.08. The van der Waals surface area contributed by atoms with E-state index in [-0.39, 0.29) is 5.75 Å². The lowest BCUT2D eigenvalue weighted by molar-refractivity contribution is -0.133. The first-order valence-corrected chi connectivity index (χ1v) is 7.75. The van der Waals surface area contributed by atoms with Crippen molar-refractivity contribution in [2.24, 2.45) is 0 Å². The summed E-state index contributed by atoms with van der Waals surface area (Å²) in [6.45, 7) is 0. The molecule has 0 aromatic carbocycles. The van der Waals surface area contributed by atoms with Gasteiger partial charge in [0.1, 0.15) is 6.33 Å². The van der Waals surface area contributed by atoms with E-state index in [0.29, 0.717) is 11.3 Å². The summed E-state index contributed by atoms with van der Waals surface area (Å²) in [6, 6.07) is 0.429. The third-order valence-electron chi connectivity index (χ3n) is 2.95. The molecule has 2 atom stereocenters. The molecule has 0 bridgehead atoms. The van der Waals surface area contributed by atoms with Crippen molar-refractivity contribution in [3.63, 3.8) is 0 Å². The Morgan fingerprint density at radius 3 is 3.12 bits per heavy atom. The van der Waals surface area contributed by atoms with Crippen LogP contribution in [0.25, 0.3) is 0 Å². The number of thioether (sulfide) groups is 2. The minimum Gasteiger partial charge on any atom is -0.481 e. The monoisotopic (exact) mass is 273 g/mol. The third-order valence-corrected chi connectivity index (χ3v) is 4.99. The Hall–Kier alpha value is -0.690. The number of carboxylic acid groups (broad SMARTS) is 1. The SMILES string of the molecule is CSC1CCC(n2cnnc2SCC(=O)O)C1. The summed E-state index contributed by atoms with van der Waals surface area (Å²) < 4.78 is 2.03. The van der Waals surface area contributed by atoms with Gasteiger partial charge >= 0.3 is 5.97 Å². The first kappa shape index (κ1) is 12.8. The molecule has 1 aromatic heterocycles. The molecule has 94 valence electrons. The molecule has 2 rings (SSSR count). The molecule has 17 heavy (non-hydrogen) atoms. The number of aromatic nitrogens is 3. The number of nitrogens with zero attached hydrogens (tertiary/aromatic N) is 3. The van der Waals surface area contributed by atoms with E-state index in [4.69, 9.17) is 5.11 Å². The highest BCUT2D eigenvalue weighted by Gasteiger charge is 2.27. The van der Waals surface area contributed by atoms with Gasteiger partial charge in [-0.25, -0.2) is 0 Å². The van der Waals surface area contributed by atoms with Crippen molar-refractivity contribution in [1.29, 1.82) is 0 Å². The van der Waals surface area contributed by atoms with Crippen LogP contribution in [-0.2, 0) is 4.79 Å². The molecular weight excluding hydrogens is 258 g/mol. The molecule has 0 saturated heterocycles. The van der Waals surface area contributed by atoms with Gasteiger partial charge in [0.05, 0.1) is 5.75 Å². The van der Waals surface area contributed by atoms with E-state index < -0.39 is 5.97 Å². The predicted molar refractivity (Wildman–Crippen MR) is 68.6 cm³/mol. The summed E-state index contributed by atoms with van der Waals surface area (Å²) in [5.41, 5.74) is 0. The number of hydrogen-bond donors (Lipinski definition) is 1. The molecular formula is C10H15N3O2S2. The zero-order valence-corrected chi connectivity index (χ0v) is 11.2. The van der Waals surface area contributed by atoms with Crippen LogP contribution in [0.5, 0.6) is 0 Å². The van der Waals surface area contributed by atoms with E-state index >= 15 is 0 Å². The van der Waals surface area contributed by atoms with Gasteiger partial charge in [0, 0.05) is 11.3 Å². The van der Waals surface area contributed by atoms with Crippen LogP contribution >= 0.6 is 23.5 Å². The molecule has 0 radical (unpaired) electrons. The average molecular weight is 273 g/mol. The molecule has 1 saturated carbocycles. The maximum absolute atomic E-state index is 10.5. The number of carboxylic acids is 1. The highest BCUT2D eigenvalue weighted by molar-refractivity contribution is 7.99. The van der Waals surface area contributed by atoms with E-state index in [1.165, 1.54) is 18.2 Å². The van der Waals surface area contributed by atoms with Gasteiger partial charge < -0.3 is 9.67 Å². The zero-order chi connectivity index (χ0) is 12.3. The van der Waals surface area contributed by atoms with Crippen molar-refractivity contribution >= 4 is 29.5 Å². The van der Waals surface area contributed by atoms with Gasteiger partial charge in [0.2, 0.25) is 0 Å². The summed E-state index contributed by atoms with van der Waals surface area (Å²) in [6.07, 6.45) is 7.33. The highest BCUT2D eigenvalue weighted by atomic mass is 32.2. The molecule has 1 aliphatic rings. The second-order valence-electron chi connectivity index (χ2n) is 4.03. The third kappa shape index (κ3) is 3.16. The molecule has 1 N–H and O–H groups in total. The fourth-order valence-corrected chi connectivity index (χ4v) is 3.59. The molecule has 1 aliphatic carbocycles. The summed E-state index contributed by atoms with van der Waals surface area (Å²) in [7, 11) is 0. The highest BCUT2D eigenvalue weighted by Crippen LogP contribution is 2.37. The summed E-state index contributed by atoms with van der Waals surface area (Å²) in [5, 5.41) is 18.0. The first-order valence-electron chi connectivity index (χ1n) is 5.47. The van der Waals surface area contributed by atoms with E-state index in [0.717, 1.165) is 18.0 Å². The van der Waals surface area contributed by atoms with Crippen LogP contribution in [0, 0.1) is 0 Å². The molecule has 7 heteroatoms. The predicted octanol–water partition coefficient (Wildman–Crippen LogP) is 1.91. The second-order valence-corrected chi connectivity index (χ2v) is 6.11. The molecule has 1 fully saturated rings. The minimum atomic E-state index is -0.821. The Bertz CT molecular complexity index is 397. The lowest BCUT2D eigenvalue weighted by atomic mass is 10.2. The summed E-state index contributed by atoms with van der Waals surface area (Å²) in [4.78, 5) is 10.5. The molecule has 5 nitrogen and oxygen atoms in total. The van der Waals surface area contributed by atoms with Crippen LogP contribution < -0.4 is 0 Å². The molecule has 0 aliphatic heterocycles. The first-order chi connectivity index (χ1) is 8.20. The number of carbonyl (C=O) groups is 1. The van der Waals surface area contributed by atoms with Crippen molar-refractivity contribution in [2.45, 2.75) is 35.7 Å². The van der Waals surface area contributed by atoms with Gasteiger partial charge in [0.25, 0.3) is 0 Å². The molecule has 1 aromatic rings. The maximum atomic E-state index is 10.5. The second kappa shape index (κ2) is 5.77. The molecule has 0 amide bonds. The van der Waals surface area contributed by atoms with E-state index in [1.807, 2.05) is 16.3 Å². The van der Waals surface area contributed by atoms with Crippen LogP contribution in [-0.4, -0.2) is 43.1 Å². The molecule has 1 heterocycles. The van der Waals surface area contributed by atoms with Crippen molar-refractivity contribution in [3.8, 4) is 0 Å².